The van der Waals surface area contributed by atoms with Crippen molar-refractivity contribution >= 4 is 29.1 Å². The first-order valence-corrected chi connectivity index (χ1v) is 7.22. The summed E-state index contributed by atoms with van der Waals surface area (Å²) >= 11 is 2.43. The van der Waals surface area contributed by atoms with Gasteiger partial charge in [0.1, 0.15) is 5.01 Å². The van der Waals surface area contributed by atoms with Crippen molar-refractivity contribution in [3.8, 4) is 0 Å². The Labute approximate surface area is 116 Å². The zero-order valence-corrected chi connectivity index (χ0v) is 11.9. The number of thioether (sulfide) groups is 1. The normalized spacial score (nSPS) is 11.7. The Morgan fingerprint density at radius 2 is 2.37 bits per heavy atom. The second-order valence-corrected chi connectivity index (χ2v) is 6.06. The summed E-state index contributed by atoms with van der Waals surface area (Å²) in [6.45, 7) is 3.68. The van der Waals surface area contributed by atoms with E-state index >= 15 is 0 Å². The first-order chi connectivity index (χ1) is 8.93. The number of carboxylic acid groups (broad SMARTS) is 1. The van der Waals surface area contributed by atoms with Crippen LogP contribution in [0.3, 0.4) is 0 Å². The molecule has 2 aromatic heterocycles. The maximum Gasteiger partial charge on any atom is 0.344 e. The Balaban J connectivity index is 2.41. The van der Waals surface area contributed by atoms with Gasteiger partial charge in [-0.05, 0) is 13.8 Å². The molecule has 0 amide bonds. The fourth-order valence-electron chi connectivity index (χ4n) is 1.62. The monoisotopic (exact) mass is 300 g/mol. The topological polar surface area (TPSA) is 101 Å². The average molecular weight is 300 g/mol. The van der Waals surface area contributed by atoms with E-state index in [-0.39, 0.29) is 11.4 Å². The molecule has 0 aliphatic carbocycles. The highest BCUT2D eigenvalue weighted by atomic mass is 32.2. The number of H-pyrrole nitrogens is 1. The van der Waals surface area contributed by atoms with Crippen LogP contribution in [0.25, 0.3) is 0 Å². The van der Waals surface area contributed by atoms with E-state index in [1.807, 2.05) is 19.2 Å². The molecular formula is C10H12N4O3S2. The molecule has 2 heterocycles. The fraction of sp³-hybridized carbons (Fsp3) is 0.400. The van der Waals surface area contributed by atoms with E-state index in [0.717, 1.165) is 16.8 Å². The summed E-state index contributed by atoms with van der Waals surface area (Å²) in [6, 6.07) is 0. The molecule has 0 atom stereocenters. The molecule has 9 heteroatoms. The van der Waals surface area contributed by atoms with E-state index in [0.29, 0.717) is 5.16 Å². The zero-order valence-electron chi connectivity index (χ0n) is 10.3. The first-order valence-electron chi connectivity index (χ1n) is 5.35. The second kappa shape index (κ2) is 5.17. The third-order valence-electron chi connectivity index (χ3n) is 2.48. The van der Waals surface area contributed by atoms with Crippen LogP contribution in [-0.4, -0.2) is 36.6 Å². The van der Waals surface area contributed by atoms with E-state index in [4.69, 9.17) is 5.11 Å². The van der Waals surface area contributed by atoms with Crippen LogP contribution in [0.15, 0.2) is 21.5 Å². The van der Waals surface area contributed by atoms with Crippen LogP contribution in [-0.2, 0) is 10.3 Å². The van der Waals surface area contributed by atoms with Gasteiger partial charge in [0.05, 0.1) is 11.3 Å². The third kappa shape index (κ3) is 2.71. The molecule has 0 fully saturated rings. The number of hydrogen-bond acceptors (Lipinski definition) is 6. The standard InChI is InChI=1S/C10H12N4O3S2/c1-10(2,7-11-3-4-18-7)14-8(17)12-13-9(14)19-5-6(15)16/h3-4H,5H2,1-2H3,(H,12,17)(H,15,16). The summed E-state index contributed by atoms with van der Waals surface area (Å²) in [6.07, 6.45) is 1.66. The molecule has 0 aliphatic heterocycles. The molecule has 19 heavy (non-hydrogen) atoms. The first kappa shape index (κ1) is 13.8. The Bertz CT molecular complexity index is 629. The lowest BCUT2D eigenvalue weighted by molar-refractivity contribution is -0.133. The van der Waals surface area contributed by atoms with Gasteiger partial charge in [-0.1, -0.05) is 11.8 Å². The van der Waals surface area contributed by atoms with Crippen LogP contribution in [0.4, 0.5) is 0 Å². The van der Waals surface area contributed by atoms with Crippen molar-refractivity contribution in [1.82, 2.24) is 19.7 Å². The summed E-state index contributed by atoms with van der Waals surface area (Å²) in [5.41, 5.74) is -1.06. The SMILES string of the molecule is CC(C)(c1nccs1)n1c(SCC(=O)O)n[nH]c1=O. The summed E-state index contributed by atoms with van der Waals surface area (Å²) in [7, 11) is 0. The van der Waals surface area contributed by atoms with Gasteiger partial charge in [-0.2, -0.15) is 0 Å². The largest absolute Gasteiger partial charge is 0.481 e. The highest BCUT2D eigenvalue weighted by Crippen LogP contribution is 2.29. The number of aromatic nitrogens is 4. The molecular weight excluding hydrogens is 288 g/mol. The van der Waals surface area contributed by atoms with Crippen LogP contribution in [0, 0.1) is 0 Å². The van der Waals surface area contributed by atoms with E-state index in [1.54, 1.807) is 6.20 Å². The van der Waals surface area contributed by atoms with E-state index in [1.165, 1.54) is 15.9 Å². The van der Waals surface area contributed by atoms with Gasteiger partial charge in [0, 0.05) is 11.6 Å². The number of rotatable bonds is 5. The number of carbonyl (C=O) groups is 1. The van der Waals surface area contributed by atoms with Gasteiger partial charge in [0.15, 0.2) is 5.16 Å². The van der Waals surface area contributed by atoms with Gasteiger partial charge in [0.2, 0.25) is 0 Å². The summed E-state index contributed by atoms with van der Waals surface area (Å²) in [5, 5.41) is 17.8. The lowest BCUT2D eigenvalue weighted by Gasteiger charge is -2.23. The highest BCUT2D eigenvalue weighted by molar-refractivity contribution is 7.99. The zero-order chi connectivity index (χ0) is 14.0. The van der Waals surface area contributed by atoms with E-state index in [2.05, 4.69) is 15.2 Å². The van der Waals surface area contributed by atoms with Crippen LogP contribution < -0.4 is 5.69 Å². The van der Waals surface area contributed by atoms with Gasteiger partial charge >= 0.3 is 11.7 Å². The third-order valence-corrected chi connectivity index (χ3v) is 4.49. The lowest BCUT2D eigenvalue weighted by Crippen LogP contribution is -2.36. The van der Waals surface area contributed by atoms with Gasteiger partial charge in [0.25, 0.3) is 0 Å². The molecule has 0 radical (unpaired) electrons. The quantitative estimate of drug-likeness (QED) is 0.799. The lowest BCUT2D eigenvalue weighted by atomic mass is 10.1. The van der Waals surface area contributed by atoms with E-state index < -0.39 is 11.5 Å². The molecule has 2 rings (SSSR count). The van der Waals surface area contributed by atoms with Crippen molar-refractivity contribution in [2.24, 2.45) is 0 Å². The van der Waals surface area contributed by atoms with Crippen molar-refractivity contribution in [2.45, 2.75) is 24.5 Å². The molecule has 2 N–H and O–H groups in total. The number of nitrogens with one attached hydrogen (secondary N) is 1. The number of carboxylic acids is 1. The van der Waals surface area contributed by atoms with Crippen molar-refractivity contribution in [3.05, 3.63) is 27.1 Å². The van der Waals surface area contributed by atoms with Crippen LogP contribution in [0.2, 0.25) is 0 Å². The average Bonchev–Trinajstić information content (AvgIpc) is 2.95. The molecule has 7 nitrogen and oxygen atoms in total. The molecule has 0 saturated carbocycles. The van der Waals surface area contributed by atoms with Crippen molar-refractivity contribution in [2.75, 3.05) is 5.75 Å². The van der Waals surface area contributed by atoms with Crippen LogP contribution in [0.1, 0.15) is 18.9 Å². The number of aromatic amines is 1. The maximum atomic E-state index is 11.9. The Kier molecular flexibility index (Phi) is 3.76. The number of hydrogen-bond donors (Lipinski definition) is 2. The predicted molar refractivity (Wildman–Crippen MR) is 71.7 cm³/mol. The van der Waals surface area contributed by atoms with E-state index in [9.17, 15) is 9.59 Å². The highest BCUT2D eigenvalue weighted by Gasteiger charge is 2.31. The number of thiazole rings is 1. The molecule has 0 spiro atoms. The van der Waals surface area contributed by atoms with Crippen molar-refractivity contribution in [3.63, 3.8) is 0 Å². The van der Waals surface area contributed by atoms with Crippen molar-refractivity contribution in [1.29, 1.82) is 0 Å². The number of aliphatic carboxylic acids is 1. The minimum atomic E-state index is -0.959. The predicted octanol–water partition coefficient (Wildman–Crippen LogP) is 0.988. The van der Waals surface area contributed by atoms with Gasteiger partial charge in [-0.15, -0.1) is 16.4 Å². The second-order valence-electron chi connectivity index (χ2n) is 4.23. The Hall–Kier alpha value is -1.61. The molecule has 0 unspecified atom stereocenters. The van der Waals surface area contributed by atoms with Crippen LogP contribution in [0.5, 0.6) is 0 Å². The molecule has 0 aliphatic rings. The molecule has 2 aromatic rings. The smallest absolute Gasteiger partial charge is 0.344 e. The van der Waals surface area contributed by atoms with Gasteiger partial charge in [-0.3, -0.25) is 9.36 Å². The summed E-state index contributed by atoms with van der Waals surface area (Å²) < 4.78 is 1.43. The molecule has 0 saturated heterocycles. The summed E-state index contributed by atoms with van der Waals surface area (Å²) in [5.74, 6) is -1.11. The van der Waals surface area contributed by atoms with Gasteiger partial charge < -0.3 is 5.11 Å². The summed E-state index contributed by atoms with van der Waals surface area (Å²) in [4.78, 5) is 26.7. The molecule has 0 bridgehead atoms. The molecule has 0 aromatic carbocycles. The Morgan fingerprint density at radius 3 is 2.95 bits per heavy atom. The maximum absolute atomic E-state index is 11.9. The van der Waals surface area contributed by atoms with Crippen LogP contribution >= 0.6 is 23.1 Å². The minimum absolute atomic E-state index is 0.155. The Morgan fingerprint density at radius 1 is 1.63 bits per heavy atom. The number of nitrogens with zero attached hydrogens (tertiary/aromatic N) is 3. The minimum Gasteiger partial charge on any atom is -0.481 e. The fourth-order valence-corrected chi connectivity index (χ4v) is 3.17. The van der Waals surface area contributed by atoms with Gasteiger partial charge in [-0.25, -0.2) is 14.9 Å². The van der Waals surface area contributed by atoms with Crippen molar-refractivity contribution < 1.29 is 9.90 Å². The molecule has 102 valence electrons.